The molecule has 4 nitrogen and oxygen atoms in total. The van der Waals surface area contributed by atoms with E-state index in [1.165, 1.54) is 22.2 Å². The highest BCUT2D eigenvalue weighted by Gasteiger charge is 2.41. The molecule has 0 unspecified atom stereocenters. The highest BCUT2D eigenvalue weighted by molar-refractivity contribution is 7.09. The van der Waals surface area contributed by atoms with E-state index in [1.54, 1.807) is 17.4 Å². The molecule has 5 rings (SSSR count). The van der Waals surface area contributed by atoms with Crippen LogP contribution in [0.2, 0.25) is 0 Å². The molecule has 31 heavy (non-hydrogen) atoms. The Morgan fingerprint density at radius 2 is 1.84 bits per heavy atom. The number of para-hydroxylation sites is 2. The van der Waals surface area contributed by atoms with Gasteiger partial charge < -0.3 is 15.1 Å². The van der Waals surface area contributed by atoms with Gasteiger partial charge in [-0.2, -0.15) is 0 Å². The average molecular weight is 436 g/mol. The Morgan fingerprint density at radius 3 is 2.65 bits per heavy atom. The first-order chi connectivity index (χ1) is 15.2. The van der Waals surface area contributed by atoms with Crippen molar-refractivity contribution in [3.8, 4) is 0 Å². The Bertz CT molecular complexity index is 1050. The Morgan fingerprint density at radius 1 is 1.03 bits per heavy atom. The monoisotopic (exact) mass is 435 g/mol. The van der Waals surface area contributed by atoms with Crippen LogP contribution in [0.25, 0.3) is 0 Å². The first-order valence-electron chi connectivity index (χ1n) is 10.8. The number of hydrogen-bond donors (Lipinski definition) is 1. The summed E-state index contributed by atoms with van der Waals surface area (Å²) < 4.78 is 14.5. The van der Waals surface area contributed by atoms with Crippen molar-refractivity contribution in [1.82, 2.24) is 5.32 Å². The number of benzene rings is 2. The molecule has 1 fully saturated rings. The highest BCUT2D eigenvalue weighted by atomic mass is 32.1. The predicted octanol–water partition coefficient (Wildman–Crippen LogP) is 4.11. The fraction of sp³-hybridized carbons (Fsp3) is 0.320. The van der Waals surface area contributed by atoms with Crippen LogP contribution >= 0.6 is 11.3 Å². The lowest BCUT2D eigenvalue weighted by Gasteiger charge is -2.49. The van der Waals surface area contributed by atoms with E-state index in [4.69, 9.17) is 0 Å². The first-order valence-corrected chi connectivity index (χ1v) is 11.7. The Labute approximate surface area is 186 Å². The van der Waals surface area contributed by atoms with Crippen LogP contribution in [-0.4, -0.2) is 38.1 Å². The maximum Gasteiger partial charge on any atom is 0.225 e. The van der Waals surface area contributed by atoms with Gasteiger partial charge in [0.2, 0.25) is 5.91 Å². The number of nitrogens with zero attached hydrogens (tertiary/aromatic N) is 2. The van der Waals surface area contributed by atoms with Gasteiger partial charge in [0.1, 0.15) is 5.82 Å². The van der Waals surface area contributed by atoms with Crippen molar-refractivity contribution < 1.29 is 9.18 Å². The summed E-state index contributed by atoms with van der Waals surface area (Å²) in [6.07, 6.45) is 1.57. The summed E-state index contributed by atoms with van der Waals surface area (Å²) in [4.78, 5) is 19.0. The summed E-state index contributed by atoms with van der Waals surface area (Å²) in [5, 5.41) is 5.23. The SMILES string of the molecule is O=C(NCCc1cccs1)[C@@H]1Cc2ccccc2N2CCN(c3ccccc3F)C[C@@H]12. The van der Waals surface area contributed by atoms with E-state index in [9.17, 15) is 9.18 Å². The number of anilines is 2. The van der Waals surface area contributed by atoms with Crippen LogP contribution in [0.5, 0.6) is 0 Å². The Balaban J connectivity index is 1.37. The molecule has 0 aliphatic carbocycles. The van der Waals surface area contributed by atoms with Crippen molar-refractivity contribution in [2.45, 2.75) is 18.9 Å². The molecule has 1 amide bonds. The minimum atomic E-state index is -0.205. The van der Waals surface area contributed by atoms with Gasteiger partial charge in [-0.1, -0.05) is 36.4 Å². The number of carbonyl (C=O) groups excluding carboxylic acids is 1. The second kappa shape index (κ2) is 8.71. The molecule has 160 valence electrons. The molecule has 0 radical (unpaired) electrons. The van der Waals surface area contributed by atoms with Crippen LogP contribution in [0.3, 0.4) is 0 Å². The summed E-state index contributed by atoms with van der Waals surface area (Å²) in [6.45, 7) is 2.78. The van der Waals surface area contributed by atoms with Gasteiger partial charge in [-0.3, -0.25) is 4.79 Å². The van der Waals surface area contributed by atoms with E-state index in [2.05, 4.69) is 44.8 Å². The molecule has 1 aromatic heterocycles. The third-order valence-corrected chi connectivity index (χ3v) is 7.34. The molecule has 3 aromatic rings. The second-order valence-electron chi connectivity index (χ2n) is 8.22. The predicted molar refractivity (Wildman–Crippen MR) is 124 cm³/mol. The molecule has 3 heterocycles. The molecule has 6 heteroatoms. The molecular weight excluding hydrogens is 409 g/mol. The zero-order valence-electron chi connectivity index (χ0n) is 17.3. The molecule has 0 saturated carbocycles. The number of nitrogens with one attached hydrogen (secondary N) is 1. The van der Waals surface area contributed by atoms with Crippen LogP contribution < -0.4 is 15.1 Å². The quantitative estimate of drug-likeness (QED) is 0.655. The highest BCUT2D eigenvalue weighted by Crippen LogP contribution is 2.37. The average Bonchev–Trinajstić information content (AvgIpc) is 3.32. The molecular formula is C25H26FN3OS. The molecule has 1 saturated heterocycles. The minimum absolute atomic E-state index is 0.0185. The van der Waals surface area contributed by atoms with Crippen LogP contribution in [0, 0.1) is 11.7 Å². The number of piperazine rings is 1. The summed E-state index contributed by atoms with van der Waals surface area (Å²) in [5.41, 5.74) is 3.05. The minimum Gasteiger partial charge on any atom is -0.365 e. The number of rotatable bonds is 5. The van der Waals surface area contributed by atoms with Crippen molar-refractivity contribution in [3.63, 3.8) is 0 Å². The topological polar surface area (TPSA) is 35.6 Å². The summed E-state index contributed by atoms with van der Waals surface area (Å²) in [6, 6.07) is 19.5. The van der Waals surface area contributed by atoms with Gasteiger partial charge >= 0.3 is 0 Å². The van der Waals surface area contributed by atoms with E-state index in [0.29, 0.717) is 25.2 Å². The number of hydrogen-bond acceptors (Lipinski definition) is 4. The molecule has 2 aliphatic heterocycles. The van der Waals surface area contributed by atoms with Gasteiger partial charge in [-0.05, 0) is 48.1 Å². The maximum absolute atomic E-state index is 14.5. The summed E-state index contributed by atoms with van der Waals surface area (Å²) in [5.74, 6) is -0.270. The Kier molecular flexibility index (Phi) is 5.64. The molecule has 0 bridgehead atoms. The third kappa shape index (κ3) is 4.04. The van der Waals surface area contributed by atoms with E-state index < -0.39 is 0 Å². The van der Waals surface area contributed by atoms with Crippen LogP contribution in [0.4, 0.5) is 15.8 Å². The van der Waals surface area contributed by atoms with Crippen molar-refractivity contribution in [2.24, 2.45) is 5.92 Å². The summed E-state index contributed by atoms with van der Waals surface area (Å²) >= 11 is 1.72. The first kappa shape index (κ1) is 20.1. The number of fused-ring (bicyclic) bond motifs is 3. The molecule has 1 N–H and O–H groups in total. The van der Waals surface area contributed by atoms with Gasteiger partial charge in [0.25, 0.3) is 0 Å². The van der Waals surface area contributed by atoms with Gasteiger partial charge in [0, 0.05) is 36.7 Å². The summed E-state index contributed by atoms with van der Waals surface area (Å²) in [7, 11) is 0. The van der Waals surface area contributed by atoms with Crippen molar-refractivity contribution in [2.75, 3.05) is 36.0 Å². The Hall–Kier alpha value is -2.86. The second-order valence-corrected chi connectivity index (χ2v) is 9.25. The molecule has 0 spiro atoms. The van der Waals surface area contributed by atoms with Crippen LogP contribution in [0.1, 0.15) is 10.4 Å². The lowest BCUT2D eigenvalue weighted by molar-refractivity contribution is -0.125. The normalized spacial score (nSPS) is 20.2. The van der Waals surface area contributed by atoms with Crippen molar-refractivity contribution in [3.05, 3.63) is 82.3 Å². The van der Waals surface area contributed by atoms with Crippen LogP contribution in [-0.2, 0) is 17.6 Å². The van der Waals surface area contributed by atoms with E-state index in [0.717, 1.165) is 19.5 Å². The molecule has 2 aromatic carbocycles. The van der Waals surface area contributed by atoms with Crippen LogP contribution in [0.15, 0.2) is 66.0 Å². The van der Waals surface area contributed by atoms with E-state index >= 15 is 0 Å². The van der Waals surface area contributed by atoms with Gasteiger partial charge in [0.15, 0.2) is 0 Å². The molecule has 2 atom stereocenters. The fourth-order valence-electron chi connectivity index (χ4n) is 4.88. The largest absolute Gasteiger partial charge is 0.365 e. The van der Waals surface area contributed by atoms with Gasteiger partial charge in [-0.15, -0.1) is 11.3 Å². The smallest absolute Gasteiger partial charge is 0.225 e. The van der Waals surface area contributed by atoms with Crippen molar-refractivity contribution in [1.29, 1.82) is 0 Å². The van der Waals surface area contributed by atoms with Gasteiger partial charge in [-0.25, -0.2) is 4.39 Å². The number of thiophene rings is 1. The zero-order chi connectivity index (χ0) is 21.2. The number of halogens is 1. The van der Waals surface area contributed by atoms with Crippen molar-refractivity contribution >= 4 is 28.6 Å². The third-order valence-electron chi connectivity index (χ3n) is 6.40. The molecule has 2 aliphatic rings. The maximum atomic E-state index is 14.5. The lowest BCUT2D eigenvalue weighted by atomic mass is 9.83. The lowest BCUT2D eigenvalue weighted by Crippen LogP contribution is -2.61. The zero-order valence-corrected chi connectivity index (χ0v) is 18.2. The van der Waals surface area contributed by atoms with E-state index in [-0.39, 0.29) is 23.7 Å². The van der Waals surface area contributed by atoms with E-state index in [1.807, 2.05) is 24.3 Å². The fourth-order valence-corrected chi connectivity index (χ4v) is 5.59. The standard InChI is InChI=1S/C25H26FN3OS/c26-21-8-2-4-10-23(21)28-13-14-29-22-9-3-1-6-18(22)16-20(24(29)17-28)25(30)27-12-11-19-7-5-15-31-19/h1-10,15,20,24H,11-14,16-17H2,(H,27,30)/t20-,24+/m1/s1. The number of carbonyl (C=O) groups is 1. The van der Waals surface area contributed by atoms with Gasteiger partial charge in [0.05, 0.1) is 17.6 Å². The number of amides is 1.